The van der Waals surface area contributed by atoms with E-state index in [0.29, 0.717) is 6.10 Å². The predicted molar refractivity (Wildman–Crippen MR) is 83.4 cm³/mol. The summed E-state index contributed by atoms with van der Waals surface area (Å²) in [5.74, 6) is 1.78. The van der Waals surface area contributed by atoms with Crippen molar-refractivity contribution in [2.45, 2.75) is 37.4 Å². The number of hydrogen-bond donors (Lipinski definition) is 0. The summed E-state index contributed by atoms with van der Waals surface area (Å²) in [7, 11) is 0. The highest BCUT2D eigenvalue weighted by Gasteiger charge is 2.48. The van der Waals surface area contributed by atoms with Crippen LogP contribution in [0.1, 0.15) is 25.7 Å². The fourth-order valence-corrected chi connectivity index (χ4v) is 3.60. The van der Waals surface area contributed by atoms with E-state index in [9.17, 15) is 0 Å². The molecule has 1 saturated carbocycles. The molecule has 2 aliphatic heterocycles. The molecule has 2 aromatic heterocycles. The van der Waals surface area contributed by atoms with Crippen LogP contribution < -0.4 is 4.90 Å². The Bertz CT molecular complexity index is 707. The van der Waals surface area contributed by atoms with Gasteiger partial charge in [0.25, 0.3) is 0 Å². The van der Waals surface area contributed by atoms with E-state index in [1.54, 1.807) is 10.8 Å². The minimum absolute atomic E-state index is 0.0453. The zero-order valence-corrected chi connectivity index (χ0v) is 13.1. The van der Waals surface area contributed by atoms with Gasteiger partial charge in [-0.2, -0.15) is 4.52 Å². The number of aromatic nitrogens is 4. The van der Waals surface area contributed by atoms with Crippen molar-refractivity contribution >= 4 is 11.5 Å². The first-order valence-electron chi connectivity index (χ1n) is 8.47. The van der Waals surface area contributed by atoms with Crippen LogP contribution in [0.2, 0.25) is 0 Å². The van der Waals surface area contributed by atoms with Crippen LogP contribution >= 0.6 is 0 Å². The average Bonchev–Trinajstić information content (AvgIpc) is 3.26. The topological polar surface area (TPSA) is 64.8 Å². The van der Waals surface area contributed by atoms with Crippen molar-refractivity contribution in [2.24, 2.45) is 5.92 Å². The molecule has 1 spiro atoms. The molecule has 1 aliphatic carbocycles. The Balaban J connectivity index is 1.23. The van der Waals surface area contributed by atoms with Gasteiger partial charge in [-0.3, -0.25) is 0 Å². The minimum Gasteiger partial charge on any atom is -0.378 e. The highest BCUT2D eigenvalue weighted by Crippen LogP contribution is 2.38. The molecule has 7 nitrogen and oxygen atoms in total. The molecule has 2 aromatic rings. The molecule has 1 atom stereocenters. The number of ether oxygens (including phenoxy) is 2. The van der Waals surface area contributed by atoms with Crippen molar-refractivity contribution in [3.8, 4) is 0 Å². The van der Waals surface area contributed by atoms with E-state index in [-0.39, 0.29) is 5.60 Å². The van der Waals surface area contributed by atoms with Gasteiger partial charge in [0, 0.05) is 19.6 Å². The summed E-state index contributed by atoms with van der Waals surface area (Å²) in [5.41, 5.74) is 0.725. The Hall–Kier alpha value is -1.73. The lowest BCUT2D eigenvalue weighted by Gasteiger charge is -2.53. The smallest absolute Gasteiger partial charge is 0.177 e. The van der Waals surface area contributed by atoms with Crippen molar-refractivity contribution in [3.05, 3.63) is 18.5 Å². The van der Waals surface area contributed by atoms with Crippen molar-refractivity contribution in [1.29, 1.82) is 0 Å². The molecule has 2 saturated heterocycles. The molecule has 0 unspecified atom stereocenters. The van der Waals surface area contributed by atoms with Crippen LogP contribution in [0.15, 0.2) is 18.5 Å². The Morgan fingerprint density at radius 2 is 2.17 bits per heavy atom. The molecule has 7 heteroatoms. The quantitative estimate of drug-likeness (QED) is 0.847. The molecular weight excluding hydrogens is 294 g/mol. The number of fused-ring (bicyclic) bond motifs is 1. The van der Waals surface area contributed by atoms with Crippen LogP contribution in [-0.4, -0.2) is 57.8 Å². The minimum atomic E-state index is -0.0453. The second kappa shape index (κ2) is 5.14. The third kappa shape index (κ3) is 2.57. The van der Waals surface area contributed by atoms with E-state index in [1.807, 2.05) is 12.1 Å². The summed E-state index contributed by atoms with van der Waals surface area (Å²) in [6, 6.07) is 3.95. The highest BCUT2D eigenvalue weighted by molar-refractivity contribution is 5.48. The summed E-state index contributed by atoms with van der Waals surface area (Å²) in [4.78, 5) is 2.25. The first-order valence-corrected chi connectivity index (χ1v) is 8.47. The van der Waals surface area contributed by atoms with Crippen LogP contribution in [0.25, 0.3) is 5.65 Å². The molecule has 0 bridgehead atoms. The van der Waals surface area contributed by atoms with Gasteiger partial charge in [0.05, 0.1) is 19.2 Å². The predicted octanol–water partition coefficient (Wildman–Crippen LogP) is 1.29. The molecule has 3 aliphatic rings. The van der Waals surface area contributed by atoms with E-state index in [0.717, 1.165) is 56.5 Å². The highest BCUT2D eigenvalue weighted by atomic mass is 16.5. The van der Waals surface area contributed by atoms with Gasteiger partial charge in [0.15, 0.2) is 5.65 Å². The van der Waals surface area contributed by atoms with Crippen LogP contribution in [0.5, 0.6) is 0 Å². The van der Waals surface area contributed by atoms with Gasteiger partial charge in [0.1, 0.15) is 17.7 Å². The molecule has 5 rings (SSSR count). The molecule has 0 amide bonds. The molecule has 4 heterocycles. The van der Waals surface area contributed by atoms with E-state index < -0.39 is 0 Å². The standard InChI is InChI=1S/C16H21N5O2/c1-2-12(1)8-22-13-5-6-23-16(7-13)9-20(10-16)15-4-3-14-18-17-11-21(14)19-15/h3-4,11-13H,1-2,5-10H2/t13-/m1/s1. The van der Waals surface area contributed by atoms with Gasteiger partial charge in [-0.05, 0) is 37.3 Å². The van der Waals surface area contributed by atoms with Gasteiger partial charge in [0.2, 0.25) is 0 Å². The first kappa shape index (κ1) is 13.7. The third-order valence-corrected chi connectivity index (χ3v) is 5.14. The molecule has 3 fully saturated rings. The SMILES string of the molecule is c1cc2nncn2nc1N1CC2(C[C@H](OCC3CC3)CCO2)C1. The molecule has 23 heavy (non-hydrogen) atoms. The summed E-state index contributed by atoms with van der Waals surface area (Å²) >= 11 is 0. The Labute approximate surface area is 134 Å². The van der Waals surface area contributed by atoms with Gasteiger partial charge in [-0.25, -0.2) is 0 Å². The third-order valence-electron chi connectivity index (χ3n) is 5.14. The zero-order chi connectivity index (χ0) is 15.3. The normalized spacial score (nSPS) is 26.6. The number of rotatable bonds is 4. The van der Waals surface area contributed by atoms with Crippen molar-refractivity contribution in [1.82, 2.24) is 19.8 Å². The summed E-state index contributed by atoms with van der Waals surface area (Å²) in [6.45, 7) is 3.52. The number of hydrogen-bond acceptors (Lipinski definition) is 6. The second-order valence-electron chi connectivity index (χ2n) is 7.10. The van der Waals surface area contributed by atoms with Crippen LogP contribution in [0.4, 0.5) is 5.82 Å². The maximum Gasteiger partial charge on any atom is 0.177 e. The zero-order valence-electron chi connectivity index (χ0n) is 13.1. The lowest BCUT2D eigenvalue weighted by Crippen LogP contribution is -2.66. The van der Waals surface area contributed by atoms with Gasteiger partial charge < -0.3 is 14.4 Å². The Morgan fingerprint density at radius 1 is 1.26 bits per heavy atom. The lowest BCUT2D eigenvalue weighted by molar-refractivity contribution is -0.146. The van der Waals surface area contributed by atoms with E-state index in [2.05, 4.69) is 20.2 Å². The van der Waals surface area contributed by atoms with E-state index >= 15 is 0 Å². The van der Waals surface area contributed by atoms with Crippen molar-refractivity contribution in [3.63, 3.8) is 0 Å². The van der Waals surface area contributed by atoms with E-state index in [4.69, 9.17) is 9.47 Å². The average molecular weight is 315 g/mol. The van der Waals surface area contributed by atoms with Crippen LogP contribution in [-0.2, 0) is 9.47 Å². The fraction of sp³-hybridized carbons (Fsp3) is 0.688. The molecule has 0 N–H and O–H groups in total. The largest absolute Gasteiger partial charge is 0.378 e. The molecule has 0 radical (unpaired) electrons. The summed E-state index contributed by atoms with van der Waals surface area (Å²) in [5, 5.41) is 12.4. The summed E-state index contributed by atoms with van der Waals surface area (Å²) in [6.07, 6.45) is 6.72. The Morgan fingerprint density at radius 3 is 3.04 bits per heavy atom. The van der Waals surface area contributed by atoms with Gasteiger partial charge in [-0.1, -0.05) is 0 Å². The fourth-order valence-electron chi connectivity index (χ4n) is 3.60. The maximum atomic E-state index is 6.10. The molecular formula is C16H21N5O2. The van der Waals surface area contributed by atoms with Crippen LogP contribution in [0, 0.1) is 5.92 Å². The van der Waals surface area contributed by atoms with Crippen LogP contribution in [0.3, 0.4) is 0 Å². The first-order chi connectivity index (χ1) is 11.3. The Kier molecular flexibility index (Phi) is 3.06. The van der Waals surface area contributed by atoms with Crippen molar-refractivity contribution < 1.29 is 9.47 Å². The number of anilines is 1. The molecule has 0 aromatic carbocycles. The van der Waals surface area contributed by atoms with Crippen molar-refractivity contribution in [2.75, 3.05) is 31.2 Å². The monoisotopic (exact) mass is 315 g/mol. The lowest BCUT2D eigenvalue weighted by atomic mass is 9.84. The maximum absolute atomic E-state index is 6.10. The second-order valence-corrected chi connectivity index (χ2v) is 7.10. The van der Waals surface area contributed by atoms with Gasteiger partial charge >= 0.3 is 0 Å². The van der Waals surface area contributed by atoms with Gasteiger partial charge in [-0.15, -0.1) is 15.3 Å². The number of nitrogens with zero attached hydrogens (tertiary/aromatic N) is 5. The summed E-state index contributed by atoms with van der Waals surface area (Å²) < 4.78 is 13.9. The van der Waals surface area contributed by atoms with E-state index in [1.165, 1.54) is 12.8 Å². The molecule has 122 valence electrons.